The largest absolute Gasteiger partial charge is 0.326 e. The molecular formula is C17H22N2O. The minimum Gasteiger partial charge on any atom is -0.326 e. The molecule has 20 heavy (non-hydrogen) atoms. The number of carbonyl (C=O) groups excluding carboxylic acids is 1. The molecule has 0 radical (unpaired) electrons. The Kier molecular flexibility index (Phi) is 2.68. The smallest absolute Gasteiger partial charge is 0.228 e. The normalized spacial score (nSPS) is 38.4. The first-order chi connectivity index (χ1) is 9.65. The molecule has 1 amide bonds. The Morgan fingerprint density at radius 2 is 2.00 bits per heavy atom. The first-order valence-electron chi connectivity index (χ1n) is 7.81. The second kappa shape index (κ2) is 4.32. The molecule has 5 unspecified atom stereocenters. The number of hydrogen-bond acceptors (Lipinski definition) is 2. The Morgan fingerprint density at radius 3 is 2.65 bits per heavy atom. The van der Waals surface area contributed by atoms with Gasteiger partial charge in [0, 0.05) is 17.6 Å². The summed E-state index contributed by atoms with van der Waals surface area (Å²) in [6.45, 7) is 1.96. The summed E-state index contributed by atoms with van der Waals surface area (Å²) in [6, 6.07) is 7.92. The highest BCUT2D eigenvalue weighted by Gasteiger charge is 2.67. The van der Waals surface area contributed by atoms with E-state index in [1.165, 1.54) is 19.3 Å². The van der Waals surface area contributed by atoms with Gasteiger partial charge in [0.05, 0.1) is 0 Å². The van der Waals surface area contributed by atoms with Gasteiger partial charge in [0.2, 0.25) is 5.91 Å². The molecule has 2 bridgehead atoms. The lowest BCUT2D eigenvalue weighted by Crippen LogP contribution is -2.18. The van der Waals surface area contributed by atoms with E-state index in [0.29, 0.717) is 17.8 Å². The molecule has 3 nitrogen and oxygen atoms in total. The summed E-state index contributed by atoms with van der Waals surface area (Å²) in [7, 11) is 0. The molecule has 0 aliphatic heterocycles. The maximum absolute atomic E-state index is 12.4. The van der Waals surface area contributed by atoms with Crippen LogP contribution in [0.5, 0.6) is 0 Å². The van der Waals surface area contributed by atoms with Crippen molar-refractivity contribution in [3.8, 4) is 0 Å². The van der Waals surface area contributed by atoms with Gasteiger partial charge in [-0.25, -0.2) is 0 Å². The molecule has 106 valence electrons. The van der Waals surface area contributed by atoms with Gasteiger partial charge in [-0.15, -0.1) is 0 Å². The van der Waals surface area contributed by atoms with Crippen LogP contribution in [0, 0.1) is 29.6 Å². The van der Waals surface area contributed by atoms with Crippen molar-refractivity contribution in [1.29, 1.82) is 0 Å². The van der Waals surface area contributed by atoms with Gasteiger partial charge in [-0.1, -0.05) is 12.1 Å². The van der Waals surface area contributed by atoms with Gasteiger partial charge >= 0.3 is 0 Å². The average molecular weight is 270 g/mol. The van der Waals surface area contributed by atoms with E-state index >= 15 is 0 Å². The monoisotopic (exact) mass is 270 g/mol. The number of nitrogens with one attached hydrogen (secondary N) is 1. The van der Waals surface area contributed by atoms with E-state index in [4.69, 9.17) is 5.73 Å². The van der Waals surface area contributed by atoms with Crippen molar-refractivity contribution in [3.05, 3.63) is 29.8 Å². The highest BCUT2D eigenvalue weighted by Crippen LogP contribution is 2.69. The maximum atomic E-state index is 12.4. The van der Waals surface area contributed by atoms with Crippen LogP contribution in [0.25, 0.3) is 0 Å². The van der Waals surface area contributed by atoms with Crippen LogP contribution >= 0.6 is 0 Å². The molecule has 4 rings (SSSR count). The molecule has 3 aliphatic carbocycles. The molecule has 0 spiro atoms. The minimum absolute atomic E-state index is 0.00278. The predicted octanol–water partition coefficient (Wildman–Crippen LogP) is 2.94. The third kappa shape index (κ3) is 1.80. The van der Waals surface area contributed by atoms with Crippen molar-refractivity contribution >= 4 is 11.6 Å². The van der Waals surface area contributed by atoms with E-state index in [-0.39, 0.29) is 11.9 Å². The fourth-order valence-electron chi connectivity index (χ4n) is 4.80. The first kappa shape index (κ1) is 12.4. The van der Waals surface area contributed by atoms with Crippen LogP contribution in [0.1, 0.15) is 37.8 Å². The van der Waals surface area contributed by atoms with Gasteiger partial charge in [0.1, 0.15) is 0 Å². The van der Waals surface area contributed by atoms with Crippen LogP contribution in [-0.2, 0) is 4.79 Å². The number of hydrogen-bond donors (Lipinski definition) is 2. The van der Waals surface area contributed by atoms with E-state index in [1.54, 1.807) is 0 Å². The Bertz CT molecular complexity index is 538. The summed E-state index contributed by atoms with van der Waals surface area (Å²) in [5, 5.41) is 3.10. The maximum Gasteiger partial charge on any atom is 0.228 e. The number of nitrogens with two attached hydrogens (primary N) is 1. The molecule has 0 heterocycles. The van der Waals surface area contributed by atoms with E-state index < -0.39 is 0 Å². The molecule has 3 fully saturated rings. The van der Waals surface area contributed by atoms with Gasteiger partial charge in [-0.3, -0.25) is 4.79 Å². The number of amides is 1. The molecule has 5 atom stereocenters. The van der Waals surface area contributed by atoms with Crippen molar-refractivity contribution < 1.29 is 4.79 Å². The number of fused-ring (bicyclic) bond motifs is 5. The van der Waals surface area contributed by atoms with Crippen LogP contribution in [0.15, 0.2) is 24.3 Å². The standard InChI is InChI=1S/C17H22N2O/c1-9(18)10-3-2-4-13(8-10)19-17(20)16-14-11-5-6-12(7-11)15(14)16/h2-4,8-9,11-12,14-16H,5-7,18H2,1H3,(H,19,20). The summed E-state index contributed by atoms with van der Waals surface area (Å²) in [6.07, 6.45) is 4.10. The summed E-state index contributed by atoms with van der Waals surface area (Å²) in [4.78, 5) is 12.4. The van der Waals surface area contributed by atoms with Gasteiger partial charge in [0.25, 0.3) is 0 Å². The topological polar surface area (TPSA) is 55.1 Å². The third-order valence-electron chi connectivity index (χ3n) is 5.72. The van der Waals surface area contributed by atoms with Crippen LogP contribution < -0.4 is 11.1 Å². The SMILES string of the molecule is CC(N)c1cccc(NC(=O)C2C3C4CCC(C4)C23)c1. The quantitative estimate of drug-likeness (QED) is 0.887. The molecule has 3 N–H and O–H groups in total. The zero-order chi connectivity index (χ0) is 13.9. The van der Waals surface area contributed by atoms with Crippen LogP contribution in [0.2, 0.25) is 0 Å². The Morgan fingerprint density at radius 1 is 1.30 bits per heavy atom. The highest BCUT2D eigenvalue weighted by molar-refractivity contribution is 5.95. The third-order valence-corrected chi connectivity index (χ3v) is 5.72. The lowest BCUT2D eigenvalue weighted by atomic mass is 10.0. The van der Waals surface area contributed by atoms with Crippen molar-refractivity contribution in [1.82, 2.24) is 0 Å². The average Bonchev–Trinajstić information content (AvgIpc) is 2.88. The molecule has 3 aliphatic rings. The molecule has 0 saturated heterocycles. The van der Waals surface area contributed by atoms with E-state index in [1.807, 2.05) is 31.2 Å². The lowest BCUT2D eigenvalue weighted by Gasteiger charge is -2.11. The summed E-state index contributed by atoms with van der Waals surface area (Å²) in [5.41, 5.74) is 7.85. The number of anilines is 1. The predicted molar refractivity (Wildman–Crippen MR) is 79.0 cm³/mol. The van der Waals surface area contributed by atoms with Crippen LogP contribution in [0.4, 0.5) is 5.69 Å². The Labute approximate surface area is 119 Å². The van der Waals surface area contributed by atoms with Gasteiger partial charge in [-0.2, -0.15) is 0 Å². The number of benzene rings is 1. The number of carbonyl (C=O) groups is 1. The summed E-state index contributed by atoms with van der Waals surface area (Å²) < 4.78 is 0. The van der Waals surface area contributed by atoms with E-state index in [9.17, 15) is 4.79 Å². The van der Waals surface area contributed by atoms with Gasteiger partial charge < -0.3 is 11.1 Å². The first-order valence-corrected chi connectivity index (χ1v) is 7.81. The van der Waals surface area contributed by atoms with Crippen molar-refractivity contribution in [2.75, 3.05) is 5.32 Å². The molecule has 0 aromatic heterocycles. The Hall–Kier alpha value is -1.35. The molecule has 3 heteroatoms. The van der Waals surface area contributed by atoms with Gasteiger partial charge in [0.15, 0.2) is 0 Å². The van der Waals surface area contributed by atoms with Crippen molar-refractivity contribution in [2.45, 2.75) is 32.2 Å². The van der Waals surface area contributed by atoms with E-state index in [2.05, 4.69) is 5.32 Å². The summed E-state index contributed by atoms with van der Waals surface area (Å²) in [5.74, 6) is 3.61. The van der Waals surface area contributed by atoms with Crippen LogP contribution in [-0.4, -0.2) is 5.91 Å². The summed E-state index contributed by atoms with van der Waals surface area (Å²) >= 11 is 0. The van der Waals surface area contributed by atoms with Crippen LogP contribution in [0.3, 0.4) is 0 Å². The molecule has 1 aromatic carbocycles. The Balaban J connectivity index is 1.45. The zero-order valence-corrected chi connectivity index (χ0v) is 11.9. The second-order valence-corrected chi connectivity index (χ2v) is 6.92. The van der Waals surface area contributed by atoms with Gasteiger partial charge in [-0.05, 0) is 67.6 Å². The fourth-order valence-corrected chi connectivity index (χ4v) is 4.80. The number of rotatable bonds is 3. The van der Waals surface area contributed by atoms with Crippen molar-refractivity contribution in [2.24, 2.45) is 35.3 Å². The zero-order valence-electron chi connectivity index (χ0n) is 11.9. The fraction of sp³-hybridized carbons (Fsp3) is 0.588. The lowest BCUT2D eigenvalue weighted by molar-refractivity contribution is -0.118. The van der Waals surface area contributed by atoms with E-state index in [0.717, 1.165) is 23.1 Å². The van der Waals surface area contributed by atoms with Crippen molar-refractivity contribution in [3.63, 3.8) is 0 Å². The second-order valence-electron chi connectivity index (χ2n) is 6.92. The highest BCUT2D eigenvalue weighted by atomic mass is 16.2. The molecule has 1 aromatic rings. The molecule has 3 saturated carbocycles. The minimum atomic E-state index is 0.00278. The molecular weight excluding hydrogens is 248 g/mol.